The van der Waals surface area contributed by atoms with Crippen LogP contribution in [0.1, 0.15) is 51.6 Å². The van der Waals surface area contributed by atoms with Gasteiger partial charge in [0.25, 0.3) is 0 Å². The molecule has 0 spiro atoms. The standard InChI is InChI=1S/C15H29N3O2S/c1-13(2)8-6-4-5-7-9-18-21(19,20)15-10-14(11-16-3)17-12-15/h10,12-13,16-18H,4-9,11H2,1-3H3. The van der Waals surface area contributed by atoms with E-state index in [-0.39, 0.29) is 0 Å². The lowest BCUT2D eigenvalue weighted by atomic mass is 10.0. The third-order valence-electron chi connectivity index (χ3n) is 3.39. The maximum Gasteiger partial charge on any atom is 0.242 e. The molecule has 1 aromatic heterocycles. The summed E-state index contributed by atoms with van der Waals surface area (Å²) in [5.41, 5.74) is 0.867. The summed E-state index contributed by atoms with van der Waals surface area (Å²) < 4.78 is 26.8. The van der Waals surface area contributed by atoms with E-state index in [1.54, 1.807) is 6.07 Å². The highest BCUT2D eigenvalue weighted by Gasteiger charge is 2.14. The molecule has 0 aromatic carbocycles. The molecule has 1 rings (SSSR count). The fourth-order valence-electron chi connectivity index (χ4n) is 2.19. The van der Waals surface area contributed by atoms with Gasteiger partial charge in [-0.15, -0.1) is 0 Å². The Kier molecular flexibility index (Phi) is 8.00. The number of hydrogen-bond donors (Lipinski definition) is 3. The van der Waals surface area contributed by atoms with Crippen LogP contribution >= 0.6 is 0 Å². The maximum absolute atomic E-state index is 12.1. The number of sulfonamides is 1. The van der Waals surface area contributed by atoms with Gasteiger partial charge in [-0.25, -0.2) is 13.1 Å². The van der Waals surface area contributed by atoms with Crippen molar-refractivity contribution in [3.05, 3.63) is 18.0 Å². The molecule has 1 aromatic rings. The van der Waals surface area contributed by atoms with Gasteiger partial charge in [-0.2, -0.15) is 0 Å². The summed E-state index contributed by atoms with van der Waals surface area (Å²) in [6.07, 6.45) is 7.17. The van der Waals surface area contributed by atoms with Crippen LogP contribution in [0.5, 0.6) is 0 Å². The van der Waals surface area contributed by atoms with Crippen LogP contribution < -0.4 is 10.0 Å². The van der Waals surface area contributed by atoms with Crippen LogP contribution in [0.3, 0.4) is 0 Å². The fraction of sp³-hybridized carbons (Fsp3) is 0.733. The van der Waals surface area contributed by atoms with Gasteiger partial charge in [0.1, 0.15) is 0 Å². The molecule has 0 saturated carbocycles. The highest BCUT2D eigenvalue weighted by Crippen LogP contribution is 2.12. The van der Waals surface area contributed by atoms with Crippen molar-refractivity contribution >= 4 is 10.0 Å². The van der Waals surface area contributed by atoms with Gasteiger partial charge in [0.2, 0.25) is 10.0 Å². The van der Waals surface area contributed by atoms with E-state index >= 15 is 0 Å². The Morgan fingerprint density at radius 2 is 1.90 bits per heavy atom. The number of unbranched alkanes of at least 4 members (excludes halogenated alkanes) is 3. The lowest BCUT2D eigenvalue weighted by Gasteiger charge is -2.06. The predicted molar refractivity (Wildman–Crippen MR) is 86.7 cm³/mol. The first-order valence-corrected chi connectivity index (χ1v) is 9.25. The SMILES string of the molecule is CNCc1cc(S(=O)(=O)NCCCCCCC(C)C)c[nH]1. The molecule has 0 aliphatic heterocycles. The molecule has 0 fully saturated rings. The van der Waals surface area contributed by atoms with Crippen LogP contribution in [-0.4, -0.2) is 27.0 Å². The molecule has 6 heteroatoms. The topological polar surface area (TPSA) is 74.0 Å². The number of aromatic amines is 1. The molecule has 5 nitrogen and oxygen atoms in total. The third kappa shape index (κ3) is 7.11. The zero-order valence-corrected chi connectivity index (χ0v) is 14.2. The second-order valence-electron chi connectivity index (χ2n) is 5.89. The number of nitrogens with one attached hydrogen (secondary N) is 3. The minimum Gasteiger partial charge on any atom is -0.363 e. The minimum absolute atomic E-state index is 0.313. The summed E-state index contributed by atoms with van der Waals surface area (Å²) in [4.78, 5) is 3.27. The molecule has 0 aliphatic carbocycles. The molecule has 0 atom stereocenters. The number of hydrogen-bond acceptors (Lipinski definition) is 3. The molecule has 0 aliphatic rings. The second-order valence-corrected chi connectivity index (χ2v) is 7.65. The average Bonchev–Trinajstić information content (AvgIpc) is 2.87. The van der Waals surface area contributed by atoms with E-state index in [2.05, 4.69) is 28.9 Å². The number of rotatable bonds is 11. The highest BCUT2D eigenvalue weighted by atomic mass is 32.2. The molecule has 1 heterocycles. The molecule has 0 unspecified atom stereocenters. The molecule has 122 valence electrons. The zero-order chi connectivity index (χ0) is 15.7. The van der Waals surface area contributed by atoms with Crippen LogP contribution in [0.25, 0.3) is 0 Å². The van der Waals surface area contributed by atoms with E-state index < -0.39 is 10.0 Å². The summed E-state index contributed by atoms with van der Waals surface area (Å²) in [5.74, 6) is 0.754. The summed E-state index contributed by atoms with van der Waals surface area (Å²) in [6.45, 7) is 5.60. The second kappa shape index (κ2) is 9.23. The van der Waals surface area contributed by atoms with Gasteiger partial charge < -0.3 is 10.3 Å². The van der Waals surface area contributed by atoms with Gasteiger partial charge in [-0.05, 0) is 25.5 Å². The van der Waals surface area contributed by atoms with Crippen LogP contribution in [0.2, 0.25) is 0 Å². The Labute approximate surface area is 129 Å². The molecule has 0 radical (unpaired) electrons. The molecular formula is C15H29N3O2S. The zero-order valence-electron chi connectivity index (χ0n) is 13.4. The molecule has 3 N–H and O–H groups in total. The lowest BCUT2D eigenvalue weighted by molar-refractivity contribution is 0.517. The normalized spacial score (nSPS) is 12.2. The quantitative estimate of drug-likeness (QED) is 0.550. The third-order valence-corrected chi connectivity index (χ3v) is 4.83. The van der Waals surface area contributed by atoms with Gasteiger partial charge in [0, 0.05) is 25.0 Å². The van der Waals surface area contributed by atoms with Crippen molar-refractivity contribution in [2.24, 2.45) is 5.92 Å². The largest absolute Gasteiger partial charge is 0.363 e. The van der Waals surface area contributed by atoms with Crippen molar-refractivity contribution in [2.45, 2.75) is 57.4 Å². The first-order valence-electron chi connectivity index (χ1n) is 7.77. The lowest BCUT2D eigenvalue weighted by Crippen LogP contribution is -2.24. The van der Waals surface area contributed by atoms with Gasteiger partial charge >= 0.3 is 0 Å². The molecular weight excluding hydrogens is 286 g/mol. The molecule has 0 bridgehead atoms. The fourth-order valence-corrected chi connectivity index (χ4v) is 3.28. The smallest absolute Gasteiger partial charge is 0.242 e. The van der Waals surface area contributed by atoms with E-state index in [1.165, 1.54) is 25.5 Å². The molecule has 0 saturated heterocycles. The molecule has 0 amide bonds. The first kappa shape index (κ1) is 18.2. The Hall–Kier alpha value is -0.850. The maximum atomic E-state index is 12.1. The summed E-state index contributed by atoms with van der Waals surface area (Å²) in [7, 11) is -1.55. The van der Waals surface area contributed by atoms with Crippen molar-refractivity contribution in [3.8, 4) is 0 Å². The van der Waals surface area contributed by atoms with Gasteiger partial charge in [-0.1, -0.05) is 39.5 Å². The van der Waals surface area contributed by atoms with Gasteiger partial charge in [0.05, 0.1) is 4.90 Å². The van der Waals surface area contributed by atoms with Gasteiger partial charge in [0.15, 0.2) is 0 Å². The summed E-state index contributed by atoms with van der Waals surface area (Å²) in [6, 6.07) is 1.67. The Morgan fingerprint density at radius 1 is 1.19 bits per heavy atom. The summed E-state index contributed by atoms with van der Waals surface area (Å²) >= 11 is 0. The minimum atomic E-state index is -3.37. The first-order chi connectivity index (χ1) is 9.95. The number of aromatic nitrogens is 1. The van der Waals surface area contributed by atoms with E-state index in [0.717, 1.165) is 24.5 Å². The molecule has 21 heavy (non-hydrogen) atoms. The monoisotopic (exact) mass is 315 g/mol. The van der Waals surface area contributed by atoms with Crippen molar-refractivity contribution in [1.82, 2.24) is 15.0 Å². The van der Waals surface area contributed by atoms with Crippen LogP contribution in [0.15, 0.2) is 17.2 Å². The Morgan fingerprint density at radius 3 is 2.57 bits per heavy atom. The van der Waals surface area contributed by atoms with E-state index in [4.69, 9.17) is 0 Å². The highest BCUT2D eigenvalue weighted by molar-refractivity contribution is 7.89. The van der Waals surface area contributed by atoms with Crippen molar-refractivity contribution in [1.29, 1.82) is 0 Å². The predicted octanol–water partition coefficient (Wildman–Crippen LogP) is 2.62. The van der Waals surface area contributed by atoms with E-state index in [1.807, 2.05) is 7.05 Å². The average molecular weight is 315 g/mol. The Bertz CT molecular complexity index is 495. The van der Waals surface area contributed by atoms with Gasteiger partial charge in [-0.3, -0.25) is 0 Å². The Balaban J connectivity index is 2.26. The van der Waals surface area contributed by atoms with E-state index in [9.17, 15) is 8.42 Å². The van der Waals surface area contributed by atoms with E-state index in [0.29, 0.717) is 18.0 Å². The van der Waals surface area contributed by atoms with Crippen LogP contribution in [0.4, 0.5) is 0 Å². The number of H-pyrrole nitrogens is 1. The van der Waals surface area contributed by atoms with Crippen molar-refractivity contribution < 1.29 is 8.42 Å². The van der Waals surface area contributed by atoms with Crippen LogP contribution in [-0.2, 0) is 16.6 Å². The van der Waals surface area contributed by atoms with Crippen LogP contribution in [0, 0.1) is 5.92 Å². The van der Waals surface area contributed by atoms with Crippen molar-refractivity contribution in [2.75, 3.05) is 13.6 Å². The van der Waals surface area contributed by atoms with Crippen molar-refractivity contribution in [3.63, 3.8) is 0 Å². The summed E-state index contributed by atoms with van der Waals surface area (Å²) in [5, 5.41) is 2.98.